The van der Waals surface area contributed by atoms with Crippen LogP contribution in [0.4, 0.5) is 5.69 Å². The van der Waals surface area contributed by atoms with Gasteiger partial charge in [0.05, 0.1) is 0 Å². The Bertz CT molecular complexity index is 972. The van der Waals surface area contributed by atoms with Crippen molar-refractivity contribution in [2.45, 2.75) is 0 Å². The van der Waals surface area contributed by atoms with Crippen LogP contribution in [0, 0.1) is 0 Å². The SMILES string of the molecule is O=C(Nc1ccccc1)c1ccc2c(c1)sc1ccccc12. The smallest absolute Gasteiger partial charge is 0.255 e. The van der Waals surface area contributed by atoms with Crippen molar-refractivity contribution in [1.29, 1.82) is 0 Å². The third-order valence-electron chi connectivity index (χ3n) is 3.67. The van der Waals surface area contributed by atoms with Gasteiger partial charge in [-0.3, -0.25) is 4.79 Å². The number of thiophene rings is 1. The van der Waals surface area contributed by atoms with Crippen LogP contribution in [0.2, 0.25) is 0 Å². The van der Waals surface area contributed by atoms with E-state index < -0.39 is 0 Å². The molecule has 1 aromatic heterocycles. The maximum atomic E-state index is 12.4. The molecule has 1 N–H and O–H groups in total. The molecule has 0 fully saturated rings. The zero-order valence-corrected chi connectivity index (χ0v) is 12.6. The molecule has 0 saturated heterocycles. The number of carbonyl (C=O) groups is 1. The van der Waals surface area contributed by atoms with Gasteiger partial charge in [-0.25, -0.2) is 0 Å². The lowest BCUT2D eigenvalue weighted by atomic mass is 10.1. The third kappa shape index (κ3) is 2.26. The van der Waals surface area contributed by atoms with Crippen LogP contribution in [-0.4, -0.2) is 5.91 Å². The minimum Gasteiger partial charge on any atom is -0.322 e. The van der Waals surface area contributed by atoms with E-state index >= 15 is 0 Å². The Morgan fingerprint density at radius 3 is 2.36 bits per heavy atom. The van der Waals surface area contributed by atoms with Gasteiger partial charge >= 0.3 is 0 Å². The number of para-hydroxylation sites is 1. The second-order valence-electron chi connectivity index (χ2n) is 5.13. The normalized spacial score (nSPS) is 10.9. The van der Waals surface area contributed by atoms with Crippen LogP contribution in [0.25, 0.3) is 20.2 Å². The van der Waals surface area contributed by atoms with Crippen molar-refractivity contribution in [3.63, 3.8) is 0 Å². The van der Waals surface area contributed by atoms with Crippen molar-refractivity contribution in [3.05, 3.63) is 78.4 Å². The average molecular weight is 303 g/mol. The van der Waals surface area contributed by atoms with Gasteiger partial charge in [0.25, 0.3) is 5.91 Å². The maximum Gasteiger partial charge on any atom is 0.255 e. The predicted octanol–water partition coefficient (Wildman–Crippen LogP) is 5.31. The van der Waals surface area contributed by atoms with Gasteiger partial charge in [-0.05, 0) is 30.3 Å². The molecule has 1 heterocycles. The zero-order valence-electron chi connectivity index (χ0n) is 11.7. The number of benzene rings is 3. The molecule has 0 atom stereocenters. The van der Waals surface area contributed by atoms with Crippen molar-refractivity contribution < 1.29 is 4.79 Å². The Labute approximate surface area is 132 Å². The molecule has 3 aromatic carbocycles. The first-order valence-electron chi connectivity index (χ1n) is 7.09. The molecule has 4 aromatic rings. The van der Waals surface area contributed by atoms with Gasteiger partial charge in [0.15, 0.2) is 0 Å². The molecule has 22 heavy (non-hydrogen) atoms. The summed E-state index contributed by atoms with van der Waals surface area (Å²) >= 11 is 1.72. The van der Waals surface area contributed by atoms with E-state index in [-0.39, 0.29) is 5.91 Å². The second-order valence-corrected chi connectivity index (χ2v) is 6.21. The summed E-state index contributed by atoms with van der Waals surface area (Å²) in [5.74, 6) is -0.0782. The third-order valence-corrected chi connectivity index (χ3v) is 4.81. The zero-order chi connectivity index (χ0) is 14.9. The van der Waals surface area contributed by atoms with Crippen LogP contribution in [0.1, 0.15) is 10.4 Å². The van der Waals surface area contributed by atoms with Gasteiger partial charge in [-0.1, -0.05) is 42.5 Å². The standard InChI is InChI=1S/C19H13NOS/c21-19(20-14-6-2-1-3-7-14)13-10-11-16-15-8-4-5-9-17(15)22-18(16)12-13/h1-12H,(H,20,21). The maximum absolute atomic E-state index is 12.4. The highest BCUT2D eigenvalue weighted by atomic mass is 32.1. The number of amides is 1. The first kappa shape index (κ1) is 13.0. The number of hydrogen-bond acceptors (Lipinski definition) is 2. The molecule has 3 heteroatoms. The van der Waals surface area contributed by atoms with Crippen molar-refractivity contribution >= 4 is 43.1 Å². The fourth-order valence-electron chi connectivity index (χ4n) is 2.59. The van der Waals surface area contributed by atoms with Crippen molar-refractivity contribution in [2.24, 2.45) is 0 Å². The highest BCUT2D eigenvalue weighted by Crippen LogP contribution is 2.34. The Kier molecular flexibility index (Phi) is 3.13. The predicted molar refractivity (Wildman–Crippen MR) is 93.7 cm³/mol. The van der Waals surface area contributed by atoms with Crippen molar-refractivity contribution in [1.82, 2.24) is 0 Å². The quantitative estimate of drug-likeness (QED) is 0.534. The largest absolute Gasteiger partial charge is 0.322 e. The Morgan fingerprint density at radius 2 is 1.50 bits per heavy atom. The molecule has 2 nitrogen and oxygen atoms in total. The number of anilines is 1. The fourth-order valence-corrected chi connectivity index (χ4v) is 3.74. The molecule has 106 valence electrons. The molecule has 0 aliphatic carbocycles. The van der Waals surface area contributed by atoms with Crippen LogP contribution < -0.4 is 5.32 Å². The summed E-state index contributed by atoms with van der Waals surface area (Å²) in [4.78, 5) is 12.4. The fraction of sp³-hybridized carbons (Fsp3) is 0. The Morgan fingerprint density at radius 1 is 0.773 bits per heavy atom. The first-order valence-corrected chi connectivity index (χ1v) is 7.90. The lowest BCUT2D eigenvalue weighted by Gasteiger charge is -2.05. The molecule has 0 aliphatic heterocycles. The van der Waals surface area contributed by atoms with Gasteiger partial charge in [-0.15, -0.1) is 11.3 Å². The van der Waals surface area contributed by atoms with Crippen LogP contribution in [0.5, 0.6) is 0 Å². The lowest BCUT2D eigenvalue weighted by molar-refractivity contribution is 0.102. The minimum absolute atomic E-state index is 0.0782. The van der Waals surface area contributed by atoms with Crippen LogP contribution in [0.3, 0.4) is 0 Å². The molecule has 0 radical (unpaired) electrons. The number of nitrogens with one attached hydrogen (secondary N) is 1. The highest BCUT2D eigenvalue weighted by molar-refractivity contribution is 7.25. The number of carbonyl (C=O) groups excluding carboxylic acids is 1. The summed E-state index contributed by atoms with van der Waals surface area (Å²) in [6.07, 6.45) is 0. The van der Waals surface area contributed by atoms with Crippen LogP contribution in [0.15, 0.2) is 72.8 Å². The molecule has 0 aliphatic rings. The van der Waals surface area contributed by atoms with E-state index in [9.17, 15) is 4.79 Å². The molecule has 0 spiro atoms. The molecule has 0 unspecified atom stereocenters. The summed E-state index contributed by atoms with van der Waals surface area (Å²) in [5.41, 5.74) is 1.49. The van der Waals surface area contributed by atoms with Crippen molar-refractivity contribution in [3.8, 4) is 0 Å². The van der Waals surface area contributed by atoms with E-state index in [1.807, 2.05) is 60.7 Å². The Hall–Kier alpha value is -2.65. The number of hydrogen-bond donors (Lipinski definition) is 1. The number of fused-ring (bicyclic) bond motifs is 3. The monoisotopic (exact) mass is 303 g/mol. The van der Waals surface area contributed by atoms with E-state index in [2.05, 4.69) is 17.4 Å². The van der Waals surface area contributed by atoms with E-state index in [4.69, 9.17) is 0 Å². The summed E-state index contributed by atoms with van der Waals surface area (Å²) in [6.45, 7) is 0. The molecule has 0 bridgehead atoms. The van der Waals surface area contributed by atoms with E-state index in [0.717, 1.165) is 10.4 Å². The summed E-state index contributed by atoms with van der Waals surface area (Å²) < 4.78 is 2.39. The van der Waals surface area contributed by atoms with Gasteiger partial charge in [0, 0.05) is 31.4 Å². The van der Waals surface area contributed by atoms with E-state index in [1.54, 1.807) is 11.3 Å². The van der Waals surface area contributed by atoms with Gasteiger partial charge in [-0.2, -0.15) is 0 Å². The lowest BCUT2D eigenvalue weighted by Crippen LogP contribution is -2.11. The second kappa shape index (κ2) is 5.28. The summed E-state index contributed by atoms with van der Waals surface area (Å²) in [7, 11) is 0. The van der Waals surface area contributed by atoms with E-state index in [1.165, 1.54) is 15.5 Å². The van der Waals surface area contributed by atoms with Gasteiger partial charge in [0.2, 0.25) is 0 Å². The minimum atomic E-state index is -0.0782. The number of rotatable bonds is 2. The molecular formula is C19H13NOS. The topological polar surface area (TPSA) is 29.1 Å². The summed E-state index contributed by atoms with van der Waals surface area (Å²) in [5, 5.41) is 5.38. The summed E-state index contributed by atoms with van der Waals surface area (Å²) in [6, 6.07) is 23.7. The first-order chi connectivity index (χ1) is 10.8. The Balaban J connectivity index is 1.73. The van der Waals surface area contributed by atoms with Gasteiger partial charge in [0.1, 0.15) is 0 Å². The van der Waals surface area contributed by atoms with Gasteiger partial charge < -0.3 is 5.32 Å². The van der Waals surface area contributed by atoms with Crippen LogP contribution >= 0.6 is 11.3 Å². The highest BCUT2D eigenvalue weighted by Gasteiger charge is 2.10. The molecule has 4 rings (SSSR count). The van der Waals surface area contributed by atoms with Crippen LogP contribution in [-0.2, 0) is 0 Å². The molecular weight excluding hydrogens is 290 g/mol. The molecule has 0 saturated carbocycles. The molecule has 1 amide bonds. The van der Waals surface area contributed by atoms with Crippen molar-refractivity contribution in [2.75, 3.05) is 5.32 Å². The van der Waals surface area contributed by atoms with E-state index in [0.29, 0.717) is 5.56 Å². The average Bonchev–Trinajstić information content (AvgIpc) is 2.93.